The van der Waals surface area contributed by atoms with Crippen molar-refractivity contribution in [2.45, 2.75) is 25.4 Å². The van der Waals surface area contributed by atoms with Gasteiger partial charge in [-0.25, -0.2) is 0 Å². The van der Waals surface area contributed by atoms with Gasteiger partial charge in [-0.05, 0) is 31.0 Å². The zero-order valence-electron chi connectivity index (χ0n) is 14.5. The highest BCUT2D eigenvalue weighted by Gasteiger charge is 2.37. The number of amides is 3. The SMILES string of the molecule is O=C(NCCNC(=O)[C@@H]1CC(=O)N(c2cccc(C(F)(F)F)c2)C1)C1CC1. The minimum atomic E-state index is -4.50. The molecule has 1 heterocycles. The Morgan fingerprint density at radius 3 is 2.30 bits per heavy atom. The van der Waals surface area contributed by atoms with E-state index in [4.69, 9.17) is 0 Å². The summed E-state index contributed by atoms with van der Waals surface area (Å²) in [6.45, 7) is 0.574. The third-order valence-corrected chi connectivity index (χ3v) is 4.65. The number of benzene rings is 1. The van der Waals surface area contributed by atoms with Gasteiger partial charge >= 0.3 is 6.18 Å². The van der Waals surface area contributed by atoms with Gasteiger partial charge < -0.3 is 15.5 Å². The standard InChI is InChI=1S/C18H20F3N3O3/c19-18(20,21)13-2-1-3-14(9-13)24-10-12(8-15(24)25)17(27)23-7-6-22-16(26)11-4-5-11/h1-3,9,11-12H,4-8,10H2,(H,22,26)(H,23,27)/t12-/m1/s1. The first kappa shape index (κ1) is 19.2. The van der Waals surface area contributed by atoms with Crippen LogP contribution < -0.4 is 15.5 Å². The number of alkyl halides is 3. The fourth-order valence-corrected chi connectivity index (χ4v) is 2.99. The van der Waals surface area contributed by atoms with Crippen LogP contribution in [0.2, 0.25) is 0 Å². The summed E-state index contributed by atoms with van der Waals surface area (Å²) in [7, 11) is 0. The Balaban J connectivity index is 1.52. The zero-order chi connectivity index (χ0) is 19.6. The number of hydrogen-bond donors (Lipinski definition) is 2. The molecule has 1 aromatic carbocycles. The van der Waals surface area contributed by atoms with E-state index in [1.54, 1.807) is 0 Å². The van der Waals surface area contributed by atoms with Gasteiger partial charge in [0.15, 0.2) is 0 Å². The molecule has 0 unspecified atom stereocenters. The lowest BCUT2D eigenvalue weighted by Crippen LogP contribution is -2.38. The molecule has 2 aliphatic rings. The molecular formula is C18H20F3N3O3. The molecule has 3 amide bonds. The number of anilines is 1. The average Bonchev–Trinajstić information content (AvgIpc) is 3.40. The van der Waals surface area contributed by atoms with Crippen LogP contribution in [0.4, 0.5) is 18.9 Å². The molecule has 146 valence electrons. The smallest absolute Gasteiger partial charge is 0.354 e. The Labute approximate surface area is 154 Å². The molecule has 0 bridgehead atoms. The van der Waals surface area contributed by atoms with Crippen LogP contribution >= 0.6 is 0 Å². The first-order valence-corrected chi connectivity index (χ1v) is 8.79. The number of halogens is 3. The van der Waals surface area contributed by atoms with Crippen molar-refractivity contribution < 1.29 is 27.6 Å². The minimum Gasteiger partial charge on any atom is -0.354 e. The van der Waals surface area contributed by atoms with Crippen LogP contribution in [-0.2, 0) is 20.6 Å². The molecule has 27 heavy (non-hydrogen) atoms. The number of rotatable bonds is 6. The van der Waals surface area contributed by atoms with E-state index in [0.29, 0.717) is 6.54 Å². The molecule has 1 saturated carbocycles. The van der Waals surface area contributed by atoms with E-state index in [1.165, 1.54) is 17.0 Å². The van der Waals surface area contributed by atoms with E-state index in [1.807, 2.05) is 0 Å². The van der Waals surface area contributed by atoms with E-state index in [0.717, 1.165) is 25.0 Å². The second-order valence-corrected chi connectivity index (χ2v) is 6.81. The molecular weight excluding hydrogens is 363 g/mol. The average molecular weight is 383 g/mol. The fraction of sp³-hybridized carbons (Fsp3) is 0.500. The van der Waals surface area contributed by atoms with Crippen LogP contribution in [-0.4, -0.2) is 37.4 Å². The summed E-state index contributed by atoms with van der Waals surface area (Å²) in [6.07, 6.45) is -2.77. The van der Waals surface area contributed by atoms with Crippen molar-refractivity contribution in [2.75, 3.05) is 24.5 Å². The van der Waals surface area contributed by atoms with Crippen molar-refractivity contribution in [3.8, 4) is 0 Å². The van der Waals surface area contributed by atoms with E-state index >= 15 is 0 Å². The van der Waals surface area contributed by atoms with Crippen molar-refractivity contribution in [2.24, 2.45) is 11.8 Å². The highest BCUT2D eigenvalue weighted by molar-refractivity contribution is 6.00. The number of nitrogens with one attached hydrogen (secondary N) is 2. The van der Waals surface area contributed by atoms with Gasteiger partial charge in [-0.1, -0.05) is 6.07 Å². The lowest BCUT2D eigenvalue weighted by Gasteiger charge is -2.18. The van der Waals surface area contributed by atoms with Crippen LogP contribution in [0.5, 0.6) is 0 Å². The van der Waals surface area contributed by atoms with Crippen LogP contribution in [0, 0.1) is 11.8 Å². The zero-order valence-corrected chi connectivity index (χ0v) is 14.5. The molecule has 0 radical (unpaired) electrons. The van der Waals surface area contributed by atoms with Crippen molar-refractivity contribution in [3.63, 3.8) is 0 Å². The van der Waals surface area contributed by atoms with E-state index in [2.05, 4.69) is 10.6 Å². The van der Waals surface area contributed by atoms with Crippen molar-refractivity contribution in [1.29, 1.82) is 0 Å². The normalized spacial score (nSPS) is 19.9. The highest BCUT2D eigenvalue weighted by Crippen LogP contribution is 2.33. The van der Waals surface area contributed by atoms with E-state index < -0.39 is 23.6 Å². The summed E-state index contributed by atoms with van der Waals surface area (Å²) in [6, 6.07) is 4.50. The molecule has 9 heteroatoms. The summed E-state index contributed by atoms with van der Waals surface area (Å²) >= 11 is 0. The largest absolute Gasteiger partial charge is 0.416 e. The van der Waals surface area contributed by atoms with Crippen molar-refractivity contribution >= 4 is 23.4 Å². The maximum atomic E-state index is 12.8. The van der Waals surface area contributed by atoms with Gasteiger partial charge in [-0.3, -0.25) is 14.4 Å². The van der Waals surface area contributed by atoms with E-state index in [9.17, 15) is 27.6 Å². The monoisotopic (exact) mass is 383 g/mol. The first-order valence-electron chi connectivity index (χ1n) is 8.79. The molecule has 2 fully saturated rings. The second kappa shape index (κ2) is 7.58. The predicted molar refractivity (Wildman–Crippen MR) is 90.6 cm³/mol. The molecule has 1 saturated heterocycles. The third kappa shape index (κ3) is 4.78. The van der Waals surface area contributed by atoms with Crippen LogP contribution in [0.15, 0.2) is 24.3 Å². The molecule has 1 aliphatic heterocycles. The topological polar surface area (TPSA) is 78.5 Å². The fourth-order valence-electron chi connectivity index (χ4n) is 2.99. The number of carbonyl (C=O) groups excluding carboxylic acids is 3. The van der Waals surface area contributed by atoms with Crippen LogP contribution in [0.3, 0.4) is 0 Å². The van der Waals surface area contributed by atoms with Crippen LogP contribution in [0.25, 0.3) is 0 Å². The maximum absolute atomic E-state index is 12.8. The number of nitrogens with zero attached hydrogens (tertiary/aromatic N) is 1. The number of carbonyl (C=O) groups is 3. The van der Waals surface area contributed by atoms with Gasteiger partial charge in [-0.15, -0.1) is 0 Å². The summed E-state index contributed by atoms with van der Waals surface area (Å²) in [4.78, 5) is 37.1. The minimum absolute atomic E-state index is 0.0176. The quantitative estimate of drug-likeness (QED) is 0.734. The summed E-state index contributed by atoms with van der Waals surface area (Å²) in [5.41, 5.74) is -0.714. The molecule has 0 spiro atoms. The molecule has 6 nitrogen and oxygen atoms in total. The Morgan fingerprint density at radius 1 is 1.07 bits per heavy atom. The lowest BCUT2D eigenvalue weighted by molar-refractivity contribution is -0.137. The summed E-state index contributed by atoms with van der Waals surface area (Å²) < 4.78 is 38.5. The second-order valence-electron chi connectivity index (χ2n) is 6.81. The third-order valence-electron chi connectivity index (χ3n) is 4.65. The molecule has 2 N–H and O–H groups in total. The molecule has 1 atom stereocenters. The van der Waals surface area contributed by atoms with Crippen molar-refractivity contribution in [1.82, 2.24) is 10.6 Å². The molecule has 1 aliphatic carbocycles. The van der Waals surface area contributed by atoms with Gasteiger partial charge in [0.25, 0.3) is 0 Å². The van der Waals surface area contributed by atoms with E-state index in [-0.39, 0.29) is 42.9 Å². The predicted octanol–water partition coefficient (Wildman–Crippen LogP) is 1.70. The summed E-state index contributed by atoms with van der Waals surface area (Å²) in [5, 5.41) is 5.37. The number of hydrogen-bond acceptors (Lipinski definition) is 3. The van der Waals surface area contributed by atoms with Gasteiger partial charge in [0.2, 0.25) is 17.7 Å². The summed E-state index contributed by atoms with van der Waals surface area (Å²) in [5.74, 6) is -1.30. The Morgan fingerprint density at radius 2 is 1.70 bits per heavy atom. The Bertz CT molecular complexity index is 747. The van der Waals surface area contributed by atoms with Gasteiger partial charge in [0.1, 0.15) is 0 Å². The lowest BCUT2D eigenvalue weighted by atomic mass is 10.1. The Hall–Kier alpha value is -2.58. The van der Waals surface area contributed by atoms with Crippen molar-refractivity contribution in [3.05, 3.63) is 29.8 Å². The van der Waals surface area contributed by atoms with Gasteiger partial charge in [0, 0.05) is 37.7 Å². The maximum Gasteiger partial charge on any atom is 0.416 e. The Kier molecular flexibility index (Phi) is 5.38. The van der Waals surface area contributed by atoms with Crippen LogP contribution in [0.1, 0.15) is 24.8 Å². The van der Waals surface area contributed by atoms with Gasteiger partial charge in [-0.2, -0.15) is 13.2 Å². The van der Waals surface area contributed by atoms with Gasteiger partial charge in [0.05, 0.1) is 11.5 Å². The molecule has 1 aromatic rings. The molecule has 0 aromatic heterocycles. The highest BCUT2D eigenvalue weighted by atomic mass is 19.4. The first-order chi connectivity index (χ1) is 12.8. The molecule has 3 rings (SSSR count).